The van der Waals surface area contributed by atoms with Crippen LogP contribution in [-0.4, -0.2) is 84.0 Å². The Morgan fingerprint density at radius 1 is 0.982 bits per heavy atom. The van der Waals surface area contributed by atoms with Gasteiger partial charge in [0.2, 0.25) is 0 Å². The van der Waals surface area contributed by atoms with Gasteiger partial charge in [0, 0.05) is 30.4 Å². The number of esters is 1. The van der Waals surface area contributed by atoms with Gasteiger partial charge in [0.25, 0.3) is 5.91 Å². The normalized spacial score (nSPS) is 33.1. The van der Waals surface area contributed by atoms with Crippen LogP contribution in [0.25, 0.3) is 0 Å². The van der Waals surface area contributed by atoms with Crippen LogP contribution in [-0.2, 0) is 23.5 Å². The average Bonchev–Trinajstić information content (AvgIpc) is 3.13. The quantitative estimate of drug-likeness (QED) is 0.114. The van der Waals surface area contributed by atoms with Gasteiger partial charge in [-0.2, -0.15) is 0 Å². The highest BCUT2D eigenvalue weighted by molar-refractivity contribution is 6.74. The lowest BCUT2D eigenvalue weighted by molar-refractivity contribution is -0.219. The summed E-state index contributed by atoms with van der Waals surface area (Å²) < 4.78 is 19.5. The first-order valence-corrected chi connectivity index (χ1v) is 23.1. The Hall–Kier alpha value is -3.19. The van der Waals surface area contributed by atoms with Crippen molar-refractivity contribution in [2.45, 2.75) is 142 Å². The predicted molar refractivity (Wildman–Crippen MR) is 218 cm³/mol. The fraction of sp³-hybridized carbons (Fsp3) is 0.622. The van der Waals surface area contributed by atoms with Crippen molar-refractivity contribution in [2.75, 3.05) is 6.61 Å². The molecular weight excluding hydrogens is 727 g/mol. The van der Waals surface area contributed by atoms with Gasteiger partial charge in [-0.1, -0.05) is 97.0 Å². The van der Waals surface area contributed by atoms with E-state index in [1.807, 2.05) is 84.1 Å². The van der Waals surface area contributed by atoms with Gasteiger partial charge in [-0.05, 0) is 85.5 Å². The summed E-state index contributed by atoms with van der Waals surface area (Å²) in [5, 5.41) is 39.8. The summed E-state index contributed by atoms with van der Waals surface area (Å²) in [5.41, 5.74) is -2.32. The monoisotopic (exact) mass is 791 g/mol. The maximum atomic E-state index is 15.0. The maximum Gasteiger partial charge on any atom is 0.337 e. The van der Waals surface area contributed by atoms with E-state index in [2.05, 4.69) is 26.1 Å². The number of aliphatic hydroxyl groups is 3. The van der Waals surface area contributed by atoms with Crippen LogP contribution in [0, 0.1) is 28.6 Å². The van der Waals surface area contributed by atoms with E-state index in [0.717, 1.165) is 0 Å². The molecule has 2 saturated carbocycles. The number of benzene rings is 2. The van der Waals surface area contributed by atoms with E-state index in [1.165, 1.54) is 0 Å². The van der Waals surface area contributed by atoms with E-state index in [4.69, 9.17) is 13.9 Å². The summed E-state index contributed by atoms with van der Waals surface area (Å²) in [4.78, 5) is 43.5. The second kappa shape index (κ2) is 15.9. The molecule has 2 bridgehead atoms. The van der Waals surface area contributed by atoms with Gasteiger partial charge < -0.3 is 34.5 Å². The van der Waals surface area contributed by atoms with E-state index in [9.17, 15) is 29.7 Å². The van der Waals surface area contributed by atoms with Gasteiger partial charge in [0.05, 0.1) is 29.3 Å². The molecule has 0 spiro atoms. The molecule has 2 fully saturated rings. The van der Waals surface area contributed by atoms with Gasteiger partial charge in [-0.15, -0.1) is 0 Å². The Balaban J connectivity index is 1.63. The molecule has 0 saturated heterocycles. The lowest BCUT2D eigenvalue weighted by Gasteiger charge is -2.63. The Morgan fingerprint density at radius 2 is 1.55 bits per heavy atom. The molecule has 11 atom stereocenters. The lowest BCUT2D eigenvalue weighted by atomic mass is 9.44. The van der Waals surface area contributed by atoms with Crippen LogP contribution in [0.3, 0.4) is 0 Å². The first-order chi connectivity index (χ1) is 26.0. The number of ether oxygens (including phenoxy) is 2. The number of aliphatic hydroxyl groups excluding tert-OH is 2. The van der Waals surface area contributed by atoms with Crippen molar-refractivity contribution in [1.82, 2.24) is 5.32 Å². The van der Waals surface area contributed by atoms with Gasteiger partial charge in [0.15, 0.2) is 20.2 Å². The molecule has 0 radical (unpaired) electrons. The Kier molecular flexibility index (Phi) is 12.4. The molecule has 308 valence electrons. The standard InChI is InChI=1S/C45H65NO9Si/c1-13-53-31-24-33(47)44(10)34(26(31)2)28(4)45(52)25-32(27(3)35(43(45,8)9)37(48)39(44)49)54-41(51)38(55-56(11,12)42(5,6)7)36(29-20-16-14-17-21-29)46-40(50)30-22-18-15-19-23-30/h14-23,26,28,31-34,36-38,47-48,52H,13,24-25H2,1-12H3,(H,46,50)/t26-,28-,31+,32-,33-,34-,36-,37+,38+,44+,45+/m0/s1. The van der Waals surface area contributed by atoms with Crippen molar-refractivity contribution in [3.8, 4) is 0 Å². The number of ketones is 1. The zero-order valence-corrected chi connectivity index (χ0v) is 36.4. The number of amides is 1. The Labute approximate surface area is 334 Å². The Morgan fingerprint density at radius 3 is 2.11 bits per heavy atom. The van der Waals surface area contributed by atoms with Crippen LogP contribution < -0.4 is 5.32 Å². The average molecular weight is 792 g/mol. The van der Waals surface area contributed by atoms with Gasteiger partial charge in [0.1, 0.15) is 12.2 Å². The molecule has 2 aromatic carbocycles. The van der Waals surface area contributed by atoms with Crippen molar-refractivity contribution < 1.29 is 43.6 Å². The van der Waals surface area contributed by atoms with E-state index >= 15 is 0 Å². The second-order valence-electron chi connectivity index (χ2n) is 18.8. The third kappa shape index (κ3) is 7.48. The smallest absolute Gasteiger partial charge is 0.337 e. The fourth-order valence-corrected chi connectivity index (χ4v) is 11.2. The van der Waals surface area contributed by atoms with E-state index in [1.54, 1.807) is 38.1 Å². The summed E-state index contributed by atoms with van der Waals surface area (Å²) in [6, 6.07) is 17.0. The summed E-state index contributed by atoms with van der Waals surface area (Å²) in [5.74, 6) is -3.11. The summed E-state index contributed by atoms with van der Waals surface area (Å²) in [6.07, 6.45) is -5.31. The van der Waals surface area contributed by atoms with Crippen LogP contribution >= 0.6 is 0 Å². The van der Waals surface area contributed by atoms with Crippen LogP contribution in [0.1, 0.15) is 104 Å². The molecule has 0 aliphatic heterocycles. The molecule has 0 unspecified atom stereocenters. The lowest BCUT2D eigenvalue weighted by Crippen LogP contribution is -2.69. The van der Waals surface area contributed by atoms with Crippen molar-refractivity contribution in [3.63, 3.8) is 0 Å². The molecular formula is C45H65NO9Si. The summed E-state index contributed by atoms with van der Waals surface area (Å²) in [6.45, 7) is 23.6. The van der Waals surface area contributed by atoms with Crippen molar-refractivity contribution in [2.24, 2.45) is 28.6 Å². The third-order valence-electron chi connectivity index (χ3n) is 14.4. The van der Waals surface area contributed by atoms with Crippen LogP contribution in [0.4, 0.5) is 0 Å². The largest absolute Gasteiger partial charge is 0.456 e. The highest BCUT2D eigenvalue weighted by atomic mass is 28.4. The predicted octanol–water partition coefficient (Wildman–Crippen LogP) is 6.95. The molecule has 56 heavy (non-hydrogen) atoms. The van der Waals surface area contributed by atoms with Crippen LogP contribution in [0.2, 0.25) is 18.1 Å². The maximum absolute atomic E-state index is 15.0. The van der Waals surface area contributed by atoms with E-state index in [-0.39, 0.29) is 35.5 Å². The fourth-order valence-electron chi connectivity index (χ4n) is 9.93. The van der Waals surface area contributed by atoms with Crippen LogP contribution in [0.5, 0.6) is 0 Å². The van der Waals surface area contributed by atoms with Crippen molar-refractivity contribution >= 4 is 26.0 Å². The zero-order valence-electron chi connectivity index (χ0n) is 35.4. The number of hydrogen-bond donors (Lipinski definition) is 4. The minimum atomic E-state index is -2.74. The summed E-state index contributed by atoms with van der Waals surface area (Å²) in [7, 11) is -2.74. The van der Waals surface area contributed by atoms with Gasteiger partial charge in [-0.3, -0.25) is 9.59 Å². The highest BCUT2D eigenvalue weighted by Gasteiger charge is 2.68. The number of hydrogen-bond acceptors (Lipinski definition) is 9. The third-order valence-corrected chi connectivity index (χ3v) is 18.8. The number of Topliss-reactive ketones (excluding diaryl/α,β-unsaturated/α-hetero) is 1. The molecule has 11 heteroatoms. The number of rotatable bonds is 10. The molecule has 2 aromatic rings. The molecule has 0 aromatic heterocycles. The first kappa shape index (κ1) is 43.9. The van der Waals surface area contributed by atoms with Gasteiger partial charge in [-0.25, -0.2) is 4.79 Å². The highest BCUT2D eigenvalue weighted by Crippen LogP contribution is 2.62. The second-order valence-corrected chi connectivity index (χ2v) is 23.5. The topological polar surface area (TPSA) is 152 Å². The molecule has 3 aliphatic rings. The van der Waals surface area contributed by atoms with Crippen molar-refractivity contribution in [1.29, 1.82) is 0 Å². The minimum absolute atomic E-state index is 0.0307. The van der Waals surface area contributed by atoms with Crippen molar-refractivity contribution in [3.05, 3.63) is 82.9 Å². The van der Waals surface area contributed by atoms with E-state index in [0.29, 0.717) is 23.3 Å². The zero-order chi connectivity index (χ0) is 41.8. The number of carbonyl (C=O) groups is 3. The number of fused-ring (bicyclic) bond motifs is 3. The molecule has 10 nitrogen and oxygen atoms in total. The molecule has 4 N–H and O–H groups in total. The number of nitrogens with one attached hydrogen (secondary N) is 1. The van der Waals surface area contributed by atoms with Crippen LogP contribution in [0.15, 0.2) is 71.8 Å². The van der Waals surface area contributed by atoms with E-state index < -0.39 is 84.7 Å². The SMILES string of the molecule is CCO[C@@H]1C[C@H](O)[C@@]2(C)C(=O)[C@H](O)C3=C(C)[C@@H](OC(=O)[C@H](O[Si](C)(C)C(C)(C)C)[C@@H](NC(=O)c4ccccc4)c4ccccc4)C[C@@](O)([C@@H](C)[C@@H]2[C@H]1C)C3(C)C. The summed E-state index contributed by atoms with van der Waals surface area (Å²) >= 11 is 0. The molecule has 3 aliphatic carbocycles. The Bertz CT molecular complexity index is 1790. The first-order valence-electron chi connectivity index (χ1n) is 20.2. The van der Waals surface area contributed by atoms with Gasteiger partial charge >= 0.3 is 5.97 Å². The molecule has 5 rings (SSSR count). The number of carbonyl (C=O) groups excluding carboxylic acids is 3. The molecule has 1 amide bonds. The molecule has 0 heterocycles. The minimum Gasteiger partial charge on any atom is -0.456 e.